The third-order valence-electron chi connectivity index (χ3n) is 2.43. The van der Waals surface area contributed by atoms with Crippen LogP contribution in [-0.2, 0) is 14.8 Å². The highest BCUT2D eigenvalue weighted by molar-refractivity contribution is 7.89. The van der Waals surface area contributed by atoms with Gasteiger partial charge < -0.3 is 15.4 Å². The number of nitrogens with two attached hydrogens (primary N) is 1. The lowest BCUT2D eigenvalue weighted by Crippen LogP contribution is -2.31. The lowest BCUT2D eigenvalue weighted by molar-refractivity contribution is -0.119. The van der Waals surface area contributed by atoms with Crippen LogP contribution in [0.1, 0.15) is 0 Å². The molecule has 0 saturated heterocycles. The number of nitrogens with one attached hydrogen (secondary N) is 1. The molecular weight excluding hydrogens is 318 g/mol. The number of primary amides is 1. The van der Waals surface area contributed by atoms with Gasteiger partial charge in [-0.3, -0.25) is 4.79 Å². The van der Waals surface area contributed by atoms with Gasteiger partial charge in [-0.15, -0.1) is 0 Å². The van der Waals surface area contributed by atoms with Crippen molar-refractivity contribution in [1.29, 1.82) is 0 Å². The second kappa shape index (κ2) is 7.60. The van der Waals surface area contributed by atoms with Gasteiger partial charge in [0.05, 0.1) is 9.92 Å². The number of sulfonamides is 1. The van der Waals surface area contributed by atoms with Crippen molar-refractivity contribution in [3.05, 3.63) is 23.2 Å². The first-order chi connectivity index (χ1) is 9.72. The topological polar surface area (TPSA) is 102 Å². The summed E-state index contributed by atoms with van der Waals surface area (Å²) in [4.78, 5) is 12.5. The van der Waals surface area contributed by atoms with E-state index in [1.807, 2.05) is 19.0 Å². The van der Waals surface area contributed by atoms with Crippen LogP contribution in [0.4, 0.5) is 0 Å². The predicted molar refractivity (Wildman–Crippen MR) is 79.9 cm³/mol. The van der Waals surface area contributed by atoms with Crippen molar-refractivity contribution in [3.8, 4) is 5.75 Å². The van der Waals surface area contributed by atoms with Gasteiger partial charge in [0.15, 0.2) is 6.61 Å². The number of hydrogen-bond donors (Lipinski definition) is 2. The molecule has 1 amide bonds. The molecule has 0 fully saturated rings. The van der Waals surface area contributed by atoms with Crippen molar-refractivity contribution in [1.82, 2.24) is 9.62 Å². The van der Waals surface area contributed by atoms with E-state index in [0.717, 1.165) is 0 Å². The highest BCUT2D eigenvalue weighted by atomic mass is 35.5. The minimum absolute atomic E-state index is 0.0256. The van der Waals surface area contributed by atoms with Crippen LogP contribution in [0.15, 0.2) is 23.1 Å². The van der Waals surface area contributed by atoms with Crippen LogP contribution in [0.3, 0.4) is 0 Å². The van der Waals surface area contributed by atoms with Crippen LogP contribution in [0, 0.1) is 0 Å². The Morgan fingerprint density at radius 2 is 2.10 bits per heavy atom. The Morgan fingerprint density at radius 3 is 2.62 bits per heavy atom. The standard InChI is InChI=1S/C12H18ClN3O4S/c1-16(2)6-5-15-21(18,19)9-3-4-11(10(13)7-9)20-8-12(14)17/h3-4,7,15H,5-6,8H2,1-2H3,(H2,14,17). The molecule has 0 spiro atoms. The average molecular weight is 336 g/mol. The van der Waals surface area contributed by atoms with Crippen molar-refractivity contribution >= 4 is 27.5 Å². The van der Waals surface area contributed by atoms with E-state index in [1.165, 1.54) is 18.2 Å². The molecule has 0 heterocycles. The number of rotatable bonds is 8. The molecule has 21 heavy (non-hydrogen) atoms. The Balaban J connectivity index is 2.79. The molecule has 0 aromatic heterocycles. The number of halogens is 1. The Hall–Kier alpha value is -1.35. The quantitative estimate of drug-likeness (QED) is 0.698. The summed E-state index contributed by atoms with van der Waals surface area (Å²) in [5, 5.41) is 0.0896. The minimum atomic E-state index is -3.63. The molecule has 7 nitrogen and oxygen atoms in total. The fourth-order valence-electron chi connectivity index (χ4n) is 1.40. The first-order valence-electron chi connectivity index (χ1n) is 6.07. The molecular formula is C12H18ClN3O4S. The van der Waals surface area contributed by atoms with Crippen LogP contribution in [0.5, 0.6) is 5.75 Å². The lowest BCUT2D eigenvalue weighted by atomic mass is 10.3. The van der Waals surface area contributed by atoms with Crippen molar-refractivity contribution in [2.75, 3.05) is 33.8 Å². The monoisotopic (exact) mass is 335 g/mol. The number of carbonyl (C=O) groups is 1. The van der Waals surface area contributed by atoms with E-state index in [-0.39, 0.29) is 28.8 Å². The first kappa shape index (κ1) is 17.7. The molecule has 3 N–H and O–H groups in total. The molecule has 0 radical (unpaired) electrons. The van der Waals surface area contributed by atoms with E-state index < -0.39 is 15.9 Å². The van der Waals surface area contributed by atoms with E-state index >= 15 is 0 Å². The number of likely N-dealkylation sites (N-methyl/N-ethyl adjacent to an activating group) is 1. The molecule has 0 saturated carbocycles. The molecule has 0 aliphatic heterocycles. The predicted octanol–water partition coefficient (Wildman–Crippen LogP) is 0.0440. The Bertz CT molecular complexity index is 605. The van der Waals surface area contributed by atoms with Crippen molar-refractivity contribution in [2.45, 2.75) is 4.90 Å². The van der Waals surface area contributed by atoms with Crippen LogP contribution in [-0.4, -0.2) is 53.0 Å². The van der Waals surface area contributed by atoms with E-state index in [1.54, 1.807) is 0 Å². The zero-order chi connectivity index (χ0) is 16.0. The van der Waals surface area contributed by atoms with Gasteiger partial charge in [-0.1, -0.05) is 11.6 Å². The smallest absolute Gasteiger partial charge is 0.255 e. The summed E-state index contributed by atoms with van der Waals surface area (Å²) in [5.74, 6) is -0.448. The van der Waals surface area contributed by atoms with Crippen LogP contribution >= 0.6 is 11.6 Å². The third kappa shape index (κ3) is 5.88. The zero-order valence-electron chi connectivity index (χ0n) is 11.8. The van der Waals surface area contributed by atoms with Crippen LogP contribution in [0.25, 0.3) is 0 Å². The highest BCUT2D eigenvalue weighted by Crippen LogP contribution is 2.27. The minimum Gasteiger partial charge on any atom is -0.482 e. The Morgan fingerprint density at radius 1 is 1.43 bits per heavy atom. The summed E-state index contributed by atoms with van der Waals surface area (Å²) in [6.07, 6.45) is 0. The maximum Gasteiger partial charge on any atom is 0.255 e. The summed E-state index contributed by atoms with van der Waals surface area (Å²) < 4.78 is 31.6. The average Bonchev–Trinajstić information content (AvgIpc) is 2.36. The van der Waals surface area contributed by atoms with Gasteiger partial charge >= 0.3 is 0 Å². The summed E-state index contributed by atoms with van der Waals surface area (Å²) >= 11 is 5.93. The molecule has 118 valence electrons. The molecule has 0 unspecified atom stereocenters. The fraction of sp³-hybridized carbons (Fsp3) is 0.417. The maximum absolute atomic E-state index is 12.0. The van der Waals surface area contributed by atoms with Gasteiger partial charge in [-0.25, -0.2) is 13.1 Å². The molecule has 0 aliphatic rings. The molecule has 0 atom stereocenters. The van der Waals surface area contributed by atoms with Gasteiger partial charge in [0.25, 0.3) is 5.91 Å². The van der Waals surface area contributed by atoms with Crippen molar-refractivity contribution in [3.63, 3.8) is 0 Å². The maximum atomic E-state index is 12.0. The van der Waals surface area contributed by atoms with Gasteiger partial charge in [0, 0.05) is 13.1 Å². The van der Waals surface area contributed by atoms with Gasteiger partial charge in [0.1, 0.15) is 5.75 Å². The van der Waals surface area contributed by atoms with Crippen molar-refractivity contribution in [2.24, 2.45) is 5.73 Å². The number of nitrogens with zero attached hydrogens (tertiary/aromatic N) is 1. The SMILES string of the molecule is CN(C)CCNS(=O)(=O)c1ccc(OCC(N)=O)c(Cl)c1. The van der Waals surface area contributed by atoms with Crippen LogP contribution in [0.2, 0.25) is 5.02 Å². The van der Waals surface area contributed by atoms with Gasteiger partial charge in [-0.05, 0) is 32.3 Å². The second-order valence-electron chi connectivity index (χ2n) is 4.55. The summed E-state index contributed by atoms with van der Waals surface area (Å²) in [6.45, 7) is 0.534. The highest BCUT2D eigenvalue weighted by Gasteiger charge is 2.16. The Labute approximate surface area is 129 Å². The first-order valence-corrected chi connectivity index (χ1v) is 7.93. The second-order valence-corrected chi connectivity index (χ2v) is 6.72. The van der Waals surface area contributed by atoms with Gasteiger partial charge in [-0.2, -0.15) is 0 Å². The summed E-state index contributed by atoms with van der Waals surface area (Å²) in [5.41, 5.74) is 4.95. The van der Waals surface area contributed by atoms with E-state index in [2.05, 4.69) is 4.72 Å². The van der Waals surface area contributed by atoms with Crippen LogP contribution < -0.4 is 15.2 Å². The summed E-state index contributed by atoms with van der Waals surface area (Å²) in [7, 11) is 0.0518. The molecule has 0 bridgehead atoms. The molecule has 1 aromatic carbocycles. The molecule has 1 aromatic rings. The summed E-state index contributed by atoms with van der Waals surface area (Å²) in [6, 6.07) is 3.99. The number of hydrogen-bond acceptors (Lipinski definition) is 5. The Kier molecular flexibility index (Phi) is 6.41. The fourth-order valence-corrected chi connectivity index (χ4v) is 2.75. The number of benzene rings is 1. The normalized spacial score (nSPS) is 11.6. The zero-order valence-corrected chi connectivity index (χ0v) is 13.4. The molecule has 1 rings (SSSR count). The number of ether oxygens (including phenoxy) is 1. The van der Waals surface area contributed by atoms with E-state index in [4.69, 9.17) is 22.1 Å². The third-order valence-corrected chi connectivity index (χ3v) is 4.19. The van der Waals surface area contributed by atoms with E-state index in [9.17, 15) is 13.2 Å². The molecule has 9 heteroatoms. The van der Waals surface area contributed by atoms with Gasteiger partial charge in [0.2, 0.25) is 10.0 Å². The van der Waals surface area contributed by atoms with E-state index in [0.29, 0.717) is 6.54 Å². The lowest BCUT2D eigenvalue weighted by Gasteiger charge is -2.12. The largest absolute Gasteiger partial charge is 0.482 e. The number of carbonyl (C=O) groups excluding carboxylic acids is 1. The van der Waals surface area contributed by atoms with Crippen molar-refractivity contribution < 1.29 is 17.9 Å². The molecule has 0 aliphatic carbocycles. The number of amides is 1.